The first-order valence-electron chi connectivity index (χ1n) is 7.58. The van der Waals surface area contributed by atoms with Crippen molar-refractivity contribution in [3.05, 3.63) is 54.1 Å². The zero-order chi connectivity index (χ0) is 13.8. The van der Waals surface area contributed by atoms with Crippen LogP contribution in [-0.2, 0) is 6.42 Å². The number of anilines is 3. The molecule has 1 N–H and O–H groups in total. The van der Waals surface area contributed by atoms with Crippen molar-refractivity contribution in [1.82, 2.24) is 0 Å². The highest BCUT2D eigenvalue weighted by Gasteiger charge is 2.16. The van der Waals surface area contributed by atoms with Gasteiger partial charge in [0.1, 0.15) is 0 Å². The largest absolute Gasteiger partial charge is 0.383 e. The van der Waals surface area contributed by atoms with E-state index in [1.54, 1.807) is 0 Å². The highest BCUT2D eigenvalue weighted by atomic mass is 15.2. The third-order valence-corrected chi connectivity index (χ3v) is 3.98. The average molecular weight is 266 g/mol. The van der Waals surface area contributed by atoms with Crippen LogP contribution in [0.5, 0.6) is 0 Å². The number of aryl methyl sites for hydroxylation is 1. The molecule has 1 heterocycles. The van der Waals surface area contributed by atoms with Gasteiger partial charge in [0.05, 0.1) is 11.4 Å². The van der Waals surface area contributed by atoms with Gasteiger partial charge in [0.15, 0.2) is 0 Å². The van der Waals surface area contributed by atoms with Crippen LogP contribution in [0.2, 0.25) is 0 Å². The van der Waals surface area contributed by atoms with Crippen LogP contribution < -0.4 is 10.2 Å². The van der Waals surface area contributed by atoms with E-state index in [9.17, 15) is 0 Å². The lowest BCUT2D eigenvalue weighted by molar-refractivity contribution is 0.745. The molecule has 0 aliphatic carbocycles. The second-order valence-corrected chi connectivity index (χ2v) is 5.28. The molecule has 0 amide bonds. The summed E-state index contributed by atoms with van der Waals surface area (Å²) in [6, 6.07) is 17.4. The number of hydrogen-bond donors (Lipinski definition) is 1. The molecule has 104 valence electrons. The van der Waals surface area contributed by atoms with Crippen LogP contribution in [0.4, 0.5) is 17.1 Å². The smallest absolute Gasteiger partial charge is 0.0646 e. The van der Waals surface area contributed by atoms with Crippen molar-refractivity contribution in [1.29, 1.82) is 0 Å². The molecule has 3 rings (SSSR count). The molecule has 2 nitrogen and oxygen atoms in total. The second kappa shape index (κ2) is 6.00. The van der Waals surface area contributed by atoms with E-state index in [1.807, 2.05) is 0 Å². The highest BCUT2D eigenvalue weighted by Crippen LogP contribution is 2.35. The van der Waals surface area contributed by atoms with Crippen molar-refractivity contribution >= 4 is 17.1 Å². The van der Waals surface area contributed by atoms with Crippen LogP contribution in [0, 0.1) is 0 Å². The Bertz CT molecular complexity index is 577. The predicted molar refractivity (Wildman–Crippen MR) is 87.0 cm³/mol. The minimum atomic E-state index is 1.07. The maximum absolute atomic E-state index is 3.56. The first-order chi connectivity index (χ1) is 9.90. The van der Waals surface area contributed by atoms with Gasteiger partial charge in [-0.15, -0.1) is 0 Å². The molecule has 0 bridgehead atoms. The molecule has 0 radical (unpaired) electrons. The first-order valence-corrected chi connectivity index (χ1v) is 7.58. The Labute approximate surface area is 121 Å². The fraction of sp³-hybridized carbons (Fsp3) is 0.333. The molecule has 20 heavy (non-hydrogen) atoms. The first kappa shape index (κ1) is 13.0. The molecule has 0 fully saturated rings. The summed E-state index contributed by atoms with van der Waals surface area (Å²) in [6.07, 6.45) is 3.51. The molecule has 2 heteroatoms. The lowest BCUT2D eigenvalue weighted by Crippen LogP contribution is -2.24. The summed E-state index contributed by atoms with van der Waals surface area (Å²) in [5.41, 5.74) is 5.32. The summed E-state index contributed by atoms with van der Waals surface area (Å²) in [4.78, 5) is 2.47. The van der Waals surface area contributed by atoms with Crippen LogP contribution in [0.15, 0.2) is 48.5 Å². The van der Waals surface area contributed by atoms with Crippen molar-refractivity contribution in [3.63, 3.8) is 0 Å². The molecule has 1 aliphatic rings. The molecule has 0 atom stereocenters. The number of benzene rings is 2. The lowest BCUT2D eigenvalue weighted by atomic mass is 10.1. The van der Waals surface area contributed by atoms with Gasteiger partial charge in [0.2, 0.25) is 0 Å². The molecule has 2 aromatic rings. The fourth-order valence-electron chi connectivity index (χ4n) is 2.92. The van der Waals surface area contributed by atoms with Gasteiger partial charge < -0.3 is 10.2 Å². The zero-order valence-corrected chi connectivity index (χ0v) is 12.1. The van der Waals surface area contributed by atoms with E-state index in [0.717, 1.165) is 19.5 Å². The number of rotatable bonds is 2. The van der Waals surface area contributed by atoms with Crippen LogP contribution in [0.1, 0.15) is 25.3 Å². The van der Waals surface area contributed by atoms with Gasteiger partial charge in [0, 0.05) is 18.8 Å². The highest BCUT2D eigenvalue weighted by molar-refractivity contribution is 5.78. The standard InChI is InChI=1S/C18H22N2/c1-2-15-9-3-5-11-17(15)20-14-8-7-13-19-16-10-4-6-12-18(16)20/h3-6,9-12,19H,2,7-8,13-14H2,1H3. The molecule has 2 aromatic carbocycles. The number of nitrogens with one attached hydrogen (secondary N) is 1. The van der Waals surface area contributed by atoms with Crippen molar-refractivity contribution in [3.8, 4) is 0 Å². The summed E-state index contributed by atoms with van der Waals surface area (Å²) in [5, 5.41) is 3.56. The molecule has 0 spiro atoms. The minimum absolute atomic E-state index is 1.07. The van der Waals surface area contributed by atoms with Crippen molar-refractivity contribution in [2.45, 2.75) is 26.2 Å². The predicted octanol–water partition coefficient (Wildman–Crippen LogP) is 4.59. The summed E-state index contributed by atoms with van der Waals surface area (Å²) >= 11 is 0. The Hall–Kier alpha value is -1.96. The normalized spacial score (nSPS) is 14.9. The summed E-state index contributed by atoms with van der Waals surface area (Å²) in [5.74, 6) is 0. The molecule has 0 aromatic heterocycles. The monoisotopic (exact) mass is 266 g/mol. The Kier molecular flexibility index (Phi) is 3.91. The van der Waals surface area contributed by atoms with E-state index in [1.165, 1.54) is 35.5 Å². The number of para-hydroxylation sites is 3. The van der Waals surface area contributed by atoms with Gasteiger partial charge in [-0.25, -0.2) is 0 Å². The number of nitrogens with zero attached hydrogens (tertiary/aromatic N) is 1. The third kappa shape index (κ3) is 2.51. The Morgan fingerprint density at radius 2 is 1.70 bits per heavy atom. The topological polar surface area (TPSA) is 15.3 Å². The van der Waals surface area contributed by atoms with Crippen LogP contribution in [0.3, 0.4) is 0 Å². The molecule has 1 aliphatic heterocycles. The van der Waals surface area contributed by atoms with Gasteiger partial charge in [-0.05, 0) is 43.0 Å². The Balaban J connectivity index is 2.08. The quantitative estimate of drug-likeness (QED) is 0.855. The van der Waals surface area contributed by atoms with E-state index in [2.05, 4.69) is 65.7 Å². The lowest BCUT2D eigenvalue weighted by Gasteiger charge is -2.31. The zero-order valence-electron chi connectivity index (χ0n) is 12.1. The average Bonchev–Trinajstić information content (AvgIpc) is 2.48. The van der Waals surface area contributed by atoms with Gasteiger partial charge in [-0.2, -0.15) is 0 Å². The SMILES string of the molecule is CCc1ccccc1N1CCCCNc2ccccc21. The van der Waals surface area contributed by atoms with Gasteiger partial charge in [-0.3, -0.25) is 0 Å². The van der Waals surface area contributed by atoms with Crippen LogP contribution >= 0.6 is 0 Å². The summed E-state index contributed by atoms with van der Waals surface area (Å²) in [6.45, 7) is 4.39. The maximum atomic E-state index is 3.56. The van der Waals surface area contributed by atoms with Gasteiger partial charge >= 0.3 is 0 Å². The van der Waals surface area contributed by atoms with Gasteiger partial charge in [-0.1, -0.05) is 37.3 Å². The van der Waals surface area contributed by atoms with Crippen molar-refractivity contribution in [2.24, 2.45) is 0 Å². The minimum Gasteiger partial charge on any atom is -0.383 e. The maximum Gasteiger partial charge on any atom is 0.0646 e. The summed E-state index contributed by atoms with van der Waals surface area (Å²) < 4.78 is 0. The van der Waals surface area contributed by atoms with Crippen LogP contribution in [0.25, 0.3) is 0 Å². The van der Waals surface area contributed by atoms with Gasteiger partial charge in [0.25, 0.3) is 0 Å². The van der Waals surface area contributed by atoms with Crippen molar-refractivity contribution in [2.75, 3.05) is 23.3 Å². The molecular weight excluding hydrogens is 244 g/mol. The van der Waals surface area contributed by atoms with Crippen molar-refractivity contribution < 1.29 is 0 Å². The number of fused-ring (bicyclic) bond motifs is 1. The fourth-order valence-corrected chi connectivity index (χ4v) is 2.92. The van der Waals surface area contributed by atoms with E-state index < -0.39 is 0 Å². The van der Waals surface area contributed by atoms with E-state index in [0.29, 0.717) is 0 Å². The van der Waals surface area contributed by atoms with E-state index in [-0.39, 0.29) is 0 Å². The Morgan fingerprint density at radius 3 is 2.55 bits per heavy atom. The summed E-state index contributed by atoms with van der Waals surface area (Å²) in [7, 11) is 0. The molecule has 0 saturated carbocycles. The van der Waals surface area contributed by atoms with Crippen LogP contribution in [-0.4, -0.2) is 13.1 Å². The molecular formula is C18H22N2. The van der Waals surface area contributed by atoms with E-state index >= 15 is 0 Å². The van der Waals surface area contributed by atoms with E-state index in [4.69, 9.17) is 0 Å². The Morgan fingerprint density at radius 1 is 0.950 bits per heavy atom. The third-order valence-electron chi connectivity index (χ3n) is 3.98. The molecule has 0 unspecified atom stereocenters. The number of hydrogen-bond acceptors (Lipinski definition) is 2. The molecule has 0 saturated heterocycles. The second-order valence-electron chi connectivity index (χ2n) is 5.28.